The quantitative estimate of drug-likeness (QED) is 0.773. The van der Waals surface area contributed by atoms with E-state index in [-0.39, 0.29) is 11.7 Å². The van der Waals surface area contributed by atoms with Crippen molar-refractivity contribution >= 4 is 17.2 Å². The van der Waals surface area contributed by atoms with E-state index in [0.717, 1.165) is 16.8 Å². The Hall–Kier alpha value is -2.40. The van der Waals surface area contributed by atoms with E-state index in [9.17, 15) is 9.18 Å². The van der Waals surface area contributed by atoms with Gasteiger partial charge < -0.3 is 9.88 Å². The molecule has 0 fully saturated rings. The maximum atomic E-state index is 13.1. The minimum absolute atomic E-state index is 0.0930. The van der Waals surface area contributed by atoms with Gasteiger partial charge in [0.05, 0.1) is 5.69 Å². The molecule has 0 spiro atoms. The van der Waals surface area contributed by atoms with Crippen LogP contribution < -0.4 is 5.32 Å². The summed E-state index contributed by atoms with van der Waals surface area (Å²) in [7, 11) is 0. The minimum Gasteiger partial charge on any atom is -0.352 e. The van der Waals surface area contributed by atoms with Gasteiger partial charge in [0.15, 0.2) is 0 Å². The molecule has 1 aromatic carbocycles. The molecule has 0 aliphatic heterocycles. The molecule has 3 aromatic rings. The lowest BCUT2D eigenvalue weighted by Crippen LogP contribution is -2.22. The molecule has 112 valence electrons. The Morgan fingerprint density at radius 2 is 1.91 bits per heavy atom. The number of carbonyl (C=O) groups excluding carboxylic acids is 1. The molecule has 2 aromatic heterocycles. The second kappa shape index (κ2) is 6.15. The van der Waals surface area contributed by atoms with E-state index in [0.29, 0.717) is 11.4 Å². The van der Waals surface area contributed by atoms with Crippen LogP contribution >= 0.6 is 11.3 Å². The first kappa shape index (κ1) is 14.5. The van der Waals surface area contributed by atoms with Gasteiger partial charge in [0.25, 0.3) is 5.91 Å². The van der Waals surface area contributed by atoms with E-state index in [1.807, 2.05) is 41.4 Å². The first-order valence-corrected chi connectivity index (χ1v) is 7.87. The predicted molar refractivity (Wildman–Crippen MR) is 87.0 cm³/mol. The van der Waals surface area contributed by atoms with Gasteiger partial charge in [0, 0.05) is 29.9 Å². The molecular weight excluding hydrogens is 299 g/mol. The second-order valence-corrected chi connectivity index (χ2v) is 5.66. The lowest BCUT2D eigenvalue weighted by molar-refractivity contribution is 0.0960. The Morgan fingerprint density at radius 1 is 1.23 bits per heavy atom. The topological polar surface area (TPSA) is 34.0 Å². The van der Waals surface area contributed by atoms with Gasteiger partial charge in [-0.1, -0.05) is 12.1 Å². The van der Waals surface area contributed by atoms with Gasteiger partial charge in [-0.3, -0.25) is 4.79 Å². The van der Waals surface area contributed by atoms with Crippen LogP contribution in [0.5, 0.6) is 0 Å². The van der Waals surface area contributed by atoms with Crippen molar-refractivity contribution in [1.29, 1.82) is 0 Å². The highest BCUT2D eigenvalue weighted by Crippen LogP contribution is 2.35. The van der Waals surface area contributed by atoms with Crippen LogP contribution in [0, 0.1) is 5.82 Å². The molecule has 0 aliphatic rings. The van der Waals surface area contributed by atoms with E-state index < -0.39 is 0 Å². The van der Waals surface area contributed by atoms with Gasteiger partial charge in [-0.2, -0.15) is 0 Å². The third kappa shape index (κ3) is 2.67. The fraction of sp³-hybridized carbons (Fsp3) is 0.118. The van der Waals surface area contributed by atoms with Crippen molar-refractivity contribution in [2.75, 3.05) is 6.54 Å². The summed E-state index contributed by atoms with van der Waals surface area (Å²) in [5.74, 6) is -0.366. The van der Waals surface area contributed by atoms with E-state index in [2.05, 4.69) is 5.32 Å². The van der Waals surface area contributed by atoms with Crippen LogP contribution in [0.3, 0.4) is 0 Å². The molecule has 3 rings (SSSR count). The van der Waals surface area contributed by atoms with Crippen LogP contribution in [-0.4, -0.2) is 17.0 Å². The zero-order chi connectivity index (χ0) is 15.5. The summed E-state index contributed by atoms with van der Waals surface area (Å²) < 4.78 is 15.1. The smallest absolute Gasteiger partial charge is 0.263 e. The largest absolute Gasteiger partial charge is 0.352 e. The number of carbonyl (C=O) groups is 1. The third-order valence-electron chi connectivity index (χ3n) is 3.33. The van der Waals surface area contributed by atoms with Crippen molar-refractivity contribution in [3.05, 3.63) is 64.9 Å². The molecule has 22 heavy (non-hydrogen) atoms. The number of nitrogens with zero attached hydrogens (tertiary/aromatic N) is 1. The van der Waals surface area contributed by atoms with Gasteiger partial charge in [0.2, 0.25) is 0 Å². The van der Waals surface area contributed by atoms with Crippen molar-refractivity contribution in [3.8, 4) is 16.8 Å². The first-order chi connectivity index (χ1) is 10.7. The SMILES string of the molecule is CCNC(=O)c1scc(-c2ccc(F)cc2)c1-n1cccc1. The predicted octanol–water partition coefficient (Wildman–Crippen LogP) is 4.09. The Morgan fingerprint density at radius 3 is 2.55 bits per heavy atom. The molecule has 0 saturated carbocycles. The highest BCUT2D eigenvalue weighted by atomic mass is 32.1. The highest BCUT2D eigenvalue weighted by molar-refractivity contribution is 7.13. The Labute approximate surface area is 132 Å². The van der Waals surface area contributed by atoms with Crippen molar-refractivity contribution in [3.63, 3.8) is 0 Å². The standard InChI is InChI=1S/C17H15FN2OS/c1-2-19-17(21)16-15(20-9-3-4-10-20)14(11-22-16)12-5-7-13(18)8-6-12/h3-11H,2H2,1H3,(H,19,21). The maximum absolute atomic E-state index is 13.1. The number of thiophene rings is 1. The summed E-state index contributed by atoms with van der Waals surface area (Å²) in [6.07, 6.45) is 3.80. The number of amides is 1. The van der Waals surface area contributed by atoms with Crippen LogP contribution in [0.4, 0.5) is 4.39 Å². The number of hydrogen-bond donors (Lipinski definition) is 1. The Balaban J connectivity index is 2.15. The zero-order valence-corrected chi connectivity index (χ0v) is 12.9. The number of halogens is 1. The van der Waals surface area contributed by atoms with E-state index in [1.54, 1.807) is 12.1 Å². The third-order valence-corrected chi connectivity index (χ3v) is 4.29. The summed E-state index contributed by atoms with van der Waals surface area (Å²) in [5, 5.41) is 4.77. The summed E-state index contributed by atoms with van der Waals surface area (Å²) in [4.78, 5) is 12.9. The first-order valence-electron chi connectivity index (χ1n) is 6.99. The number of benzene rings is 1. The molecule has 0 bridgehead atoms. The Kier molecular flexibility index (Phi) is 4.06. The molecule has 0 saturated heterocycles. The van der Waals surface area contributed by atoms with Gasteiger partial charge in [-0.25, -0.2) is 4.39 Å². The number of nitrogens with one attached hydrogen (secondary N) is 1. The molecule has 1 N–H and O–H groups in total. The van der Waals surface area contributed by atoms with Gasteiger partial charge in [-0.05, 0) is 36.8 Å². The van der Waals surface area contributed by atoms with Crippen LogP contribution in [-0.2, 0) is 0 Å². The minimum atomic E-state index is -0.273. The molecule has 0 atom stereocenters. The van der Waals surface area contributed by atoms with Gasteiger partial charge in [-0.15, -0.1) is 11.3 Å². The molecule has 3 nitrogen and oxygen atoms in total. The summed E-state index contributed by atoms with van der Waals surface area (Å²) in [6.45, 7) is 2.47. The normalized spacial score (nSPS) is 10.6. The van der Waals surface area contributed by atoms with Crippen molar-refractivity contribution in [2.45, 2.75) is 6.92 Å². The molecule has 5 heteroatoms. The highest BCUT2D eigenvalue weighted by Gasteiger charge is 2.19. The lowest BCUT2D eigenvalue weighted by atomic mass is 10.1. The number of rotatable bonds is 4. The maximum Gasteiger partial charge on any atom is 0.263 e. The fourth-order valence-corrected chi connectivity index (χ4v) is 3.32. The average Bonchev–Trinajstić information content (AvgIpc) is 3.17. The summed E-state index contributed by atoms with van der Waals surface area (Å²) in [5.41, 5.74) is 2.63. The van der Waals surface area contributed by atoms with Crippen LogP contribution in [0.25, 0.3) is 16.8 Å². The van der Waals surface area contributed by atoms with Crippen molar-refractivity contribution < 1.29 is 9.18 Å². The number of aromatic nitrogens is 1. The zero-order valence-electron chi connectivity index (χ0n) is 12.0. The average molecular weight is 314 g/mol. The molecule has 1 amide bonds. The second-order valence-electron chi connectivity index (χ2n) is 4.78. The fourth-order valence-electron chi connectivity index (χ4n) is 2.33. The van der Waals surface area contributed by atoms with E-state index >= 15 is 0 Å². The van der Waals surface area contributed by atoms with Crippen molar-refractivity contribution in [1.82, 2.24) is 9.88 Å². The van der Waals surface area contributed by atoms with Crippen LogP contribution in [0.15, 0.2) is 54.2 Å². The van der Waals surface area contributed by atoms with Gasteiger partial charge in [0.1, 0.15) is 10.7 Å². The van der Waals surface area contributed by atoms with Crippen molar-refractivity contribution in [2.24, 2.45) is 0 Å². The van der Waals surface area contributed by atoms with E-state index in [4.69, 9.17) is 0 Å². The van der Waals surface area contributed by atoms with Crippen LogP contribution in [0.2, 0.25) is 0 Å². The molecule has 0 aliphatic carbocycles. The number of hydrogen-bond acceptors (Lipinski definition) is 2. The molecule has 0 unspecified atom stereocenters. The van der Waals surface area contributed by atoms with Gasteiger partial charge >= 0.3 is 0 Å². The lowest BCUT2D eigenvalue weighted by Gasteiger charge is -2.09. The summed E-state index contributed by atoms with van der Waals surface area (Å²) in [6, 6.07) is 10.1. The van der Waals surface area contributed by atoms with E-state index in [1.165, 1.54) is 23.5 Å². The summed E-state index contributed by atoms with van der Waals surface area (Å²) >= 11 is 1.39. The molecular formula is C17H15FN2OS. The molecule has 0 radical (unpaired) electrons. The monoisotopic (exact) mass is 314 g/mol. The Bertz CT molecular complexity index is 776. The van der Waals surface area contributed by atoms with Crippen LogP contribution in [0.1, 0.15) is 16.6 Å². The molecule has 2 heterocycles.